The summed E-state index contributed by atoms with van der Waals surface area (Å²) in [5.74, 6) is 0.268. The van der Waals surface area contributed by atoms with E-state index in [4.69, 9.17) is 10.5 Å². The van der Waals surface area contributed by atoms with Crippen LogP contribution in [0.3, 0.4) is 0 Å². The molecule has 3 N–H and O–H groups in total. The second-order valence-corrected chi connectivity index (χ2v) is 5.78. The molecule has 6 heteroatoms. The molecule has 2 atom stereocenters. The van der Waals surface area contributed by atoms with Crippen molar-refractivity contribution in [3.05, 3.63) is 53.3 Å². The number of amides is 2. The number of aromatic nitrogens is 1. The maximum atomic E-state index is 12.3. The number of hydrogen-bond donors (Lipinski definition) is 2. The number of fused-ring (bicyclic) bond motifs is 1. The predicted molar refractivity (Wildman–Crippen MR) is 85.5 cm³/mol. The quantitative estimate of drug-likeness (QED) is 0.895. The Labute approximate surface area is 134 Å². The summed E-state index contributed by atoms with van der Waals surface area (Å²) < 4.78 is 7.47. The van der Waals surface area contributed by atoms with Gasteiger partial charge in [-0.25, -0.2) is 0 Å². The first-order valence-electron chi connectivity index (χ1n) is 7.47. The van der Waals surface area contributed by atoms with E-state index in [-0.39, 0.29) is 17.9 Å². The first kappa shape index (κ1) is 15.1. The highest BCUT2D eigenvalue weighted by Gasteiger charge is 2.30. The topological polar surface area (TPSA) is 86.3 Å². The van der Waals surface area contributed by atoms with Crippen molar-refractivity contribution >= 4 is 11.8 Å². The third-order valence-electron chi connectivity index (χ3n) is 4.23. The average Bonchev–Trinajstić information content (AvgIpc) is 3.07. The van der Waals surface area contributed by atoms with Crippen LogP contribution in [0.2, 0.25) is 0 Å². The highest BCUT2D eigenvalue weighted by Crippen LogP contribution is 2.37. The van der Waals surface area contributed by atoms with Crippen LogP contribution in [0, 0.1) is 0 Å². The number of carbonyl (C=O) groups excluding carboxylic acids is 2. The monoisotopic (exact) mass is 313 g/mol. The van der Waals surface area contributed by atoms with Gasteiger partial charge in [0.05, 0.1) is 12.1 Å². The van der Waals surface area contributed by atoms with Crippen LogP contribution >= 0.6 is 0 Å². The summed E-state index contributed by atoms with van der Waals surface area (Å²) in [6.45, 7) is 2.47. The smallest absolute Gasteiger partial charge is 0.268 e. The van der Waals surface area contributed by atoms with Crippen molar-refractivity contribution in [3.63, 3.8) is 0 Å². The van der Waals surface area contributed by atoms with Crippen molar-refractivity contribution in [2.75, 3.05) is 6.54 Å². The van der Waals surface area contributed by atoms with Gasteiger partial charge in [0.1, 0.15) is 17.5 Å². The van der Waals surface area contributed by atoms with Gasteiger partial charge in [0.25, 0.3) is 5.91 Å². The van der Waals surface area contributed by atoms with Gasteiger partial charge in [-0.2, -0.15) is 0 Å². The molecule has 0 aliphatic carbocycles. The van der Waals surface area contributed by atoms with Crippen molar-refractivity contribution < 1.29 is 14.3 Å². The molecule has 2 aromatic rings. The van der Waals surface area contributed by atoms with Crippen molar-refractivity contribution in [1.29, 1.82) is 0 Å². The SMILES string of the molecule is C[C@@H]1c2ccccc2O[C@@H]1CNC(=O)c1cc(C(N)=O)cn1C. The number of rotatable bonds is 4. The molecule has 0 spiro atoms. The molecule has 2 heterocycles. The van der Waals surface area contributed by atoms with E-state index in [0.717, 1.165) is 11.3 Å². The lowest BCUT2D eigenvalue weighted by atomic mass is 9.98. The predicted octanol–water partition coefficient (Wildman–Crippen LogP) is 1.42. The van der Waals surface area contributed by atoms with Crippen LogP contribution in [0.15, 0.2) is 36.5 Å². The highest BCUT2D eigenvalue weighted by molar-refractivity contribution is 5.98. The standard InChI is InChI=1S/C17H19N3O3/c1-10-12-5-3-4-6-14(12)23-15(10)8-19-17(22)13-7-11(16(18)21)9-20(13)2/h3-7,9-10,15H,8H2,1-2H3,(H2,18,21)(H,19,22)/t10-,15-/m1/s1. The Hall–Kier alpha value is -2.76. The fraction of sp³-hybridized carbons (Fsp3) is 0.294. The van der Waals surface area contributed by atoms with E-state index in [1.165, 1.54) is 6.07 Å². The normalized spacial score (nSPS) is 19.0. The summed E-state index contributed by atoms with van der Waals surface area (Å²) >= 11 is 0. The van der Waals surface area contributed by atoms with Crippen LogP contribution in [0.4, 0.5) is 0 Å². The summed E-state index contributed by atoms with van der Waals surface area (Å²) in [4.78, 5) is 23.5. The molecule has 2 amide bonds. The number of nitrogens with zero attached hydrogens (tertiary/aromatic N) is 1. The molecule has 0 unspecified atom stereocenters. The van der Waals surface area contributed by atoms with E-state index in [9.17, 15) is 9.59 Å². The molecule has 1 aromatic heterocycles. The van der Waals surface area contributed by atoms with Gasteiger partial charge in [-0.15, -0.1) is 0 Å². The van der Waals surface area contributed by atoms with Gasteiger partial charge in [-0.1, -0.05) is 25.1 Å². The number of benzene rings is 1. The van der Waals surface area contributed by atoms with Crippen molar-refractivity contribution in [1.82, 2.24) is 9.88 Å². The minimum Gasteiger partial charge on any atom is -0.488 e. The summed E-state index contributed by atoms with van der Waals surface area (Å²) in [6.07, 6.45) is 1.44. The third kappa shape index (κ3) is 2.79. The second-order valence-electron chi connectivity index (χ2n) is 5.78. The van der Waals surface area contributed by atoms with Gasteiger partial charge in [-0.05, 0) is 12.1 Å². The Balaban J connectivity index is 1.65. The minimum absolute atomic E-state index is 0.104. The first-order valence-corrected chi connectivity index (χ1v) is 7.47. The van der Waals surface area contributed by atoms with Gasteiger partial charge < -0.3 is 20.4 Å². The molecule has 0 saturated carbocycles. The van der Waals surface area contributed by atoms with Gasteiger partial charge in [0.15, 0.2) is 0 Å². The van der Waals surface area contributed by atoms with Crippen LogP contribution < -0.4 is 15.8 Å². The summed E-state index contributed by atoms with van der Waals surface area (Å²) in [5.41, 5.74) is 7.09. The maximum Gasteiger partial charge on any atom is 0.268 e. The summed E-state index contributed by atoms with van der Waals surface area (Å²) in [5, 5.41) is 2.86. The molecular weight excluding hydrogens is 294 g/mol. The third-order valence-corrected chi connectivity index (χ3v) is 4.23. The lowest BCUT2D eigenvalue weighted by Crippen LogP contribution is -2.36. The molecule has 0 fully saturated rings. The molecule has 0 bridgehead atoms. The molecule has 1 aliphatic heterocycles. The zero-order valence-electron chi connectivity index (χ0n) is 13.1. The van der Waals surface area contributed by atoms with E-state index in [1.807, 2.05) is 24.3 Å². The fourth-order valence-corrected chi connectivity index (χ4v) is 2.86. The Kier molecular flexibility index (Phi) is 3.82. The molecule has 3 rings (SSSR count). The van der Waals surface area contributed by atoms with E-state index in [0.29, 0.717) is 17.8 Å². The lowest BCUT2D eigenvalue weighted by molar-refractivity contribution is 0.0920. The Bertz CT molecular complexity index is 766. The molecule has 6 nitrogen and oxygen atoms in total. The maximum absolute atomic E-state index is 12.3. The fourth-order valence-electron chi connectivity index (χ4n) is 2.86. The summed E-state index contributed by atoms with van der Waals surface area (Å²) in [6, 6.07) is 9.38. The molecule has 0 radical (unpaired) electrons. The van der Waals surface area contributed by atoms with Crippen molar-refractivity contribution in [3.8, 4) is 5.75 Å². The largest absolute Gasteiger partial charge is 0.488 e. The molecule has 0 saturated heterocycles. The van der Waals surface area contributed by atoms with Crippen molar-refractivity contribution in [2.24, 2.45) is 12.8 Å². The Morgan fingerprint density at radius 2 is 2.09 bits per heavy atom. The number of carbonyl (C=O) groups is 2. The molecule has 1 aliphatic rings. The van der Waals surface area contributed by atoms with E-state index < -0.39 is 5.91 Å². The Morgan fingerprint density at radius 1 is 1.35 bits per heavy atom. The molecular formula is C17H19N3O3. The number of nitrogens with two attached hydrogens (primary N) is 1. The summed E-state index contributed by atoms with van der Waals surface area (Å²) in [7, 11) is 1.70. The van der Waals surface area contributed by atoms with Gasteiger partial charge in [0, 0.05) is 24.7 Å². The molecule has 120 valence electrons. The van der Waals surface area contributed by atoms with Gasteiger partial charge in [-0.3, -0.25) is 9.59 Å². The highest BCUT2D eigenvalue weighted by atomic mass is 16.5. The van der Waals surface area contributed by atoms with Gasteiger partial charge in [0.2, 0.25) is 5.91 Å². The van der Waals surface area contributed by atoms with Crippen LogP contribution in [0.25, 0.3) is 0 Å². The van der Waals surface area contributed by atoms with E-state index in [2.05, 4.69) is 12.2 Å². The first-order chi connectivity index (χ1) is 11.0. The average molecular weight is 313 g/mol. The molecule has 1 aromatic carbocycles. The van der Waals surface area contributed by atoms with Crippen molar-refractivity contribution in [2.45, 2.75) is 18.9 Å². The zero-order chi connectivity index (χ0) is 16.6. The number of nitrogens with one attached hydrogen (secondary N) is 1. The number of para-hydroxylation sites is 1. The lowest BCUT2D eigenvalue weighted by Gasteiger charge is -2.16. The number of aryl methyl sites for hydroxylation is 1. The van der Waals surface area contributed by atoms with Crippen LogP contribution in [-0.2, 0) is 7.05 Å². The van der Waals surface area contributed by atoms with Crippen LogP contribution in [0.1, 0.15) is 39.3 Å². The van der Waals surface area contributed by atoms with E-state index >= 15 is 0 Å². The van der Waals surface area contributed by atoms with Gasteiger partial charge >= 0.3 is 0 Å². The van der Waals surface area contributed by atoms with Crippen LogP contribution in [0.5, 0.6) is 5.75 Å². The minimum atomic E-state index is -0.553. The number of primary amides is 1. The number of ether oxygens (including phenoxy) is 1. The zero-order valence-corrected chi connectivity index (χ0v) is 13.1. The molecule has 23 heavy (non-hydrogen) atoms. The number of hydrogen-bond acceptors (Lipinski definition) is 3. The van der Waals surface area contributed by atoms with Crippen LogP contribution in [-0.4, -0.2) is 29.0 Å². The second kappa shape index (κ2) is 5.79. The Morgan fingerprint density at radius 3 is 2.74 bits per heavy atom. The van der Waals surface area contributed by atoms with E-state index in [1.54, 1.807) is 17.8 Å².